The van der Waals surface area contributed by atoms with Crippen molar-refractivity contribution in [2.75, 3.05) is 0 Å². The smallest absolute Gasteiger partial charge is 0.0682 e. The highest BCUT2D eigenvalue weighted by molar-refractivity contribution is 5.22. The molecule has 0 radical (unpaired) electrons. The molecule has 0 heterocycles. The monoisotopic (exact) mass is 470 g/mol. The fourth-order valence-electron chi connectivity index (χ4n) is 10.1. The quantitative estimate of drug-likeness (QED) is 0.401. The van der Waals surface area contributed by atoms with Crippen molar-refractivity contribution in [3.05, 3.63) is 11.6 Å². The van der Waals surface area contributed by atoms with E-state index in [1.165, 1.54) is 64.2 Å². The first-order valence-electron chi connectivity index (χ1n) is 15.1. The number of aliphatic hydroxyl groups is 2. The molecule has 0 bridgehead atoms. The summed E-state index contributed by atoms with van der Waals surface area (Å²) >= 11 is 0. The first kappa shape index (κ1) is 25.3. The van der Waals surface area contributed by atoms with Crippen molar-refractivity contribution in [1.82, 2.24) is 0 Å². The van der Waals surface area contributed by atoms with Crippen molar-refractivity contribution in [3.63, 3.8) is 0 Å². The molecular formula is C32H54O2. The average Bonchev–Trinajstić information content (AvgIpc) is 3.16. The molecule has 0 unspecified atom stereocenters. The van der Waals surface area contributed by atoms with E-state index in [0.717, 1.165) is 55.3 Å². The van der Waals surface area contributed by atoms with Gasteiger partial charge in [-0.1, -0.05) is 46.3 Å². The van der Waals surface area contributed by atoms with Crippen molar-refractivity contribution in [2.24, 2.45) is 52.3 Å². The standard InChI is InChI=1S/C32H54O2/c1-6-32(34)18-14-24-23(20-32)7-8-26-25(24)13-17-31(5)27(9-10-28(26)31)21(2)29(33)19-22-11-15-30(3,4)16-12-22/h7,21-22,24-29,33-34H,6,8-20H2,1-5H3/t21-,24-,25+,26+,27+,28-,29-,31+,32-/m0/s1. The Hall–Kier alpha value is -0.340. The summed E-state index contributed by atoms with van der Waals surface area (Å²) < 4.78 is 0. The van der Waals surface area contributed by atoms with Crippen LogP contribution >= 0.6 is 0 Å². The van der Waals surface area contributed by atoms with Crippen molar-refractivity contribution in [1.29, 1.82) is 0 Å². The van der Waals surface area contributed by atoms with Crippen molar-refractivity contribution in [3.8, 4) is 0 Å². The summed E-state index contributed by atoms with van der Waals surface area (Å²) in [5.74, 6) is 5.14. The highest BCUT2D eigenvalue weighted by atomic mass is 16.3. The van der Waals surface area contributed by atoms with Crippen LogP contribution in [0.4, 0.5) is 0 Å². The predicted octanol–water partition coefficient (Wildman–Crippen LogP) is 7.92. The van der Waals surface area contributed by atoms with Crippen LogP contribution in [0, 0.1) is 52.3 Å². The normalized spacial score (nSPS) is 46.1. The molecule has 34 heavy (non-hydrogen) atoms. The van der Waals surface area contributed by atoms with Crippen molar-refractivity contribution >= 4 is 0 Å². The second-order valence-corrected chi connectivity index (χ2v) is 14.8. The lowest BCUT2D eigenvalue weighted by Crippen LogP contribution is -2.49. The maximum atomic E-state index is 11.4. The Labute approximate surface area is 210 Å². The molecule has 0 aliphatic heterocycles. The van der Waals surface area contributed by atoms with Crippen LogP contribution in [-0.4, -0.2) is 21.9 Å². The van der Waals surface area contributed by atoms with E-state index in [0.29, 0.717) is 22.7 Å². The first-order valence-corrected chi connectivity index (χ1v) is 15.1. The Morgan fingerprint density at radius 3 is 2.38 bits per heavy atom. The summed E-state index contributed by atoms with van der Waals surface area (Å²) in [6.45, 7) is 12.0. The molecule has 0 aromatic heterocycles. The van der Waals surface area contributed by atoms with E-state index in [-0.39, 0.29) is 6.10 Å². The van der Waals surface area contributed by atoms with Crippen LogP contribution in [0.3, 0.4) is 0 Å². The zero-order valence-electron chi connectivity index (χ0n) is 23.0. The maximum Gasteiger partial charge on any atom is 0.0682 e. The molecule has 0 aromatic rings. The van der Waals surface area contributed by atoms with Gasteiger partial charge in [0.05, 0.1) is 11.7 Å². The van der Waals surface area contributed by atoms with Gasteiger partial charge >= 0.3 is 0 Å². The van der Waals surface area contributed by atoms with Gasteiger partial charge in [-0.25, -0.2) is 0 Å². The van der Waals surface area contributed by atoms with E-state index < -0.39 is 5.60 Å². The Bertz CT molecular complexity index is 759. The third kappa shape index (κ3) is 4.46. The van der Waals surface area contributed by atoms with Gasteiger partial charge in [-0.2, -0.15) is 0 Å². The van der Waals surface area contributed by atoms with Crippen molar-refractivity contribution < 1.29 is 10.2 Å². The summed E-state index contributed by atoms with van der Waals surface area (Å²) in [4.78, 5) is 0. The van der Waals surface area contributed by atoms with Crippen LogP contribution in [0.2, 0.25) is 0 Å². The average molecular weight is 471 g/mol. The van der Waals surface area contributed by atoms with Crippen LogP contribution in [0.25, 0.3) is 0 Å². The second-order valence-electron chi connectivity index (χ2n) is 14.8. The summed E-state index contributed by atoms with van der Waals surface area (Å²) in [5.41, 5.74) is 2.10. The van der Waals surface area contributed by atoms with E-state index in [1.807, 2.05) is 0 Å². The highest BCUT2D eigenvalue weighted by Crippen LogP contribution is 2.65. The molecule has 0 aromatic carbocycles. The molecule has 4 saturated carbocycles. The van der Waals surface area contributed by atoms with Gasteiger partial charge in [0.1, 0.15) is 0 Å². The van der Waals surface area contributed by atoms with Gasteiger partial charge in [0.2, 0.25) is 0 Å². The van der Waals surface area contributed by atoms with Gasteiger partial charge in [0.15, 0.2) is 0 Å². The predicted molar refractivity (Wildman–Crippen MR) is 141 cm³/mol. The number of hydrogen-bond acceptors (Lipinski definition) is 2. The largest absolute Gasteiger partial charge is 0.393 e. The molecule has 4 fully saturated rings. The lowest BCUT2D eigenvalue weighted by atomic mass is 9.50. The molecule has 0 amide bonds. The fraction of sp³-hybridized carbons (Fsp3) is 0.938. The van der Waals surface area contributed by atoms with E-state index in [9.17, 15) is 10.2 Å². The third-order valence-corrected chi connectivity index (χ3v) is 12.6. The molecule has 5 aliphatic carbocycles. The molecule has 0 spiro atoms. The van der Waals surface area contributed by atoms with E-state index in [1.54, 1.807) is 5.57 Å². The molecule has 2 heteroatoms. The Morgan fingerprint density at radius 1 is 0.941 bits per heavy atom. The molecule has 0 saturated heterocycles. The summed E-state index contributed by atoms with van der Waals surface area (Å²) in [6, 6.07) is 0. The van der Waals surface area contributed by atoms with E-state index in [2.05, 4.69) is 40.7 Å². The van der Waals surface area contributed by atoms with Gasteiger partial charge < -0.3 is 10.2 Å². The first-order chi connectivity index (χ1) is 16.1. The molecule has 2 N–H and O–H groups in total. The lowest BCUT2D eigenvalue weighted by molar-refractivity contribution is -0.0588. The SMILES string of the molecule is CC[C@]1(O)CC[C@H]2C(=CC[C@@H]3[C@@H]2CC[C@]2(C)[C@@H]([C@H](C)[C@@H](O)CC4CCC(C)(C)CC4)CC[C@@H]32)C1. The summed E-state index contributed by atoms with van der Waals surface area (Å²) in [6.07, 6.45) is 19.5. The molecule has 5 aliphatic rings. The van der Waals surface area contributed by atoms with Gasteiger partial charge in [0, 0.05) is 0 Å². The molecule has 2 nitrogen and oxygen atoms in total. The number of allylic oxidation sites excluding steroid dienone is 1. The number of aliphatic hydroxyl groups excluding tert-OH is 1. The highest BCUT2D eigenvalue weighted by Gasteiger charge is 2.57. The topological polar surface area (TPSA) is 40.5 Å². The lowest BCUT2D eigenvalue weighted by Gasteiger charge is -2.55. The van der Waals surface area contributed by atoms with Crippen LogP contribution in [0.1, 0.15) is 125 Å². The Balaban J connectivity index is 1.24. The van der Waals surface area contributed by atoms with Crippen LogP contribution in [0.5, 0.6) is 0 Å². The molecular weight excluding hydrogens is 416 g/mol. The molecule has 9 atom stereocenters. The Morgan fingerprint density at radius 2 is 1.68 bits per heavy atom. The maximum absolute atomic E-state index is 11.4. The number of rotatable bonds is 5. The van der Waals surface area contributed by atoms with Gasteiger partial charge in [0.25, 0.3) is 0 Å². The second kappa shape index (κ2) is 9.20. The number of hydrogen-bond donors (Lipinski definition) is 2. The summed E-state index contributed by atoms with van der Waals surface area (Å²) in [5, 5.41) is 22.3. The zero-order valence-corrected chi connectivity index (χ0v) is 23.0. The fourth-order valence-corrected chi connectivity index (χ4v) is 10.1. The molecule has 194 valence electrons. The zero-order chi connectivity index (χ0) is 24.3. The molecule has 5 rings (SSSR count). The van der Waals surface area contributed by atoms with Gasteiger partial charge in [-0.3, -0.25) is 0 Å². The minimum absolute atomic E-state index is 0.118. The minimum atomic E-state index is -0.434. The van der Waals surface area contributed by atoms with Crippen LogP contribution in [-0.2, 0) is 0 Å². The van der Waals surface area contributed by atoms with Gasteiger partial charge in [-0.05, 0) is 142 Å². The van der Waals surface area contributed by atoms with Crippen LogP contribution in [0.15, 0.2) is 11.6 Å². The van der Waals surface area contributed by atoms with Crippen molar-refractivity contribution in [2.45, 2.75) is 136 Å². The number of fused-ring (bicyclic) bond motifs is 5. The summed E-state index contributed by atoms with van der Waals surface area (Å²) in [7, 11) is 0. The van der Waals surface area contributed by atoms with Crippen LogP contribution < -0.4 is 0 Å². The van der Waals surface area contributed by atoms with Gasteiger partial charge in [-0.15, -0.1) is 0 Å². The minimum Gasteiger partial charge on any atom is -0.393 e. The van der Waals surface area contributed by atoms with E-state index in [4.69, 9.17) is 0 Å². The van der Waals surface area contributed by atoms with E-state index >= 15 is 0 Å². The Kier molecular flexibility index (Phi) is 6.85. The third-order valence-electron chi connectivity index (χ3n) is 12.6.